The maximum absolute atomic E-state index is 10.5. The largest absolute Gasteiger partial charge is 0.390 e. The van der Waals surface area contributed by atoms with Crippen LogP contribution in [0.5, 0.6) is 0 Å². The third-order valence-corrected chi connectivity index (χ3v) is 3.78. The van der Waals surface area contributed by atoms with Crippen molar-refractivity contribution in [3.05, 3.63) is 0 Å². The van der Waals surface area contributed by atoms with Gasteiger partial charge in [0.2, 0.25) is 0 Å². The van der Waals surface area contributed by atoms with E-state index in [2.05, 4.69) is 13.8 Å². The summed E-state index contributed by atoms with van der Waals surface area (Å²) in [5.74, 6) is 0.0872. The molecule has 0 amide bonds. The molecule has 0 aliphatic carbocycles. The Hall–Kier alpha value is -0.160. The van der Waals surface area contributed by atoms with Crippen LogP contribution in [-0.2, 0) is 14.2 Å². The first-order valence-corrected chi connectivity index (χ1v) is 6.39. The van der Waals surface area contributed by atoms with Crippen LogP contribution in [0.4, 0.5) is 0 Å². The zero-order valence-corrected chi connectivity index (χ0v) is 11.2. The Kier molecular flexibility index (Phi) is 3.51. The number of rotatable bonds is 2. The molecular weight excluding hydrogens is 220 g/mol. The van der Waals surface area contributed by atoms with Crippen molar-refractivity contribution in [2.24, 2.45) is 5.92 Å². The predicted molar refractivity (Wildman–Crippen MR) is 63.9 cm³/mol. The number of hydrogen-bond donors (Lipinski definition) is 1. The van der Waals surface area contributed by atoms with Crippen molar-refractivity contribution >= 4 is 0 Å². The van der Waals surface area contributed by atoms with Crippen LogP contribution in [0.2, 0.25) is 0 Å². The Balaban J connectivity index is 2.05. The molecule has 2 fully saturated rings. The number of aliphatic hydroxyl groups excluding tert-OH is 1. The summed E-state index contributed by atoms with van der Waals surface area (Å²) in [4.78, 5) is 0. The van der Waals surface area contributed by atoms with Gasteiger partial charge in [-0.05, 0) is 34.1 Å². The van der Waals surface area contributed by atoms with Crippen molar-refractivity contribution in [1.82, 2.24) is 0 Å². The molecule has 17 heavy (non-hydrogen) atoms. The molecule has 2 saturated heterocycles. The van der Waals surface area contributed by atoms with E-state index in [9.17, 15) is 5.11 Å². The summed E-state index contributed by atoms with van der Waals surface area (Å²) >= 11 is 0. The topological polar surface area (TPSA) is 47.9 Å². The van der Waals surface area contributed by atoms with Crippen molar-refractivity contribution in [3.8, 4) is 0 Å². The van der Waals surface area contributed by atoms with E-state index in [1.165, 1.54) is 0 Å². The quantitative estimate of drug-likeness (QED) is 0.796. The van der Waals surface area contributed by atoms with Gasteiger partial charge in [0.25, 0.3) is 0 Å². The highest BCUT2D eigenvalue weighted by atomic mass is 16.6. The molecule has 2 heterocycles. The molecule has 3 atom stereocenters. The molecule has 4 nitrogen and oxygen atoms in total. The van der Waals surface area contributed by atoms with Crippen LogP contribution >= 0.6 is 0 Å². The minimum Gasteiger partial charge on any atom is -0.390 e. The fraction of sp³-hybridized carbons (Fsp3) is 1.00. The first-order chi connectivity index (χ1) is 7.82. The van der Waals surface area contributed by atoms with Gasteiger partial charge in [-0.3, -0.25) is 0 Å². The third-order valence-electron chi connectivity index (χ3n) is 3.78. The molecule has 4 heteroatoms. The molecule has 0 aromatic carbocycles. The van der Waals surface area contributed by atoms with Gasteiger partial charge in [0, 0.05) is 5.92 Å². The average Bonchev–Trinajstić information content (AvgIpc) is 2.47. The summed E-state index contributed by atoms with van der Waals surface area (Å²) in [7, 11) is 0. The van der Waals surface area contributed by atoms with Gasteiger partial charge in [0.05, 0.1) is 37.1 Å². The van der Waals surface area contributed by atoms with Gasteiger partial charge in [-0.1, -0.05) is 0 Å². The van der Waals surface area contributed by atoms with Gasteiger partial charge in [0.1, 0.15) is 6.10 Å². The first-order valence-electron chi connectivity index (χ1n) is 6.39. The summed E-state index contributed by atoms with van der Waals surface area (Å²) in [6.45, 7) is 9.89. The Morgan fingerprint density at radius 3 is 2.35 bits per heavy atom. The van der Waals surface area contributed by atoms with Gasteiger partial charge in [-0.2, -0.15) is 0 Å². The Morgan fingerprint density at radius 2 is 1.88 bits per heavy atom. The van der Waals surface area contributed by atoms with E-state index in [-0.39, 0.29) is 23.2 Å². The van der Waals surface area contributed by atoms with Crippen LogP contribution in [-0.4, -0.2) is 48.3 Å². The van der Waals surface area contributed by atoms with Crippen molar-refractivity contribution in [2.75, 3.05) is 19.8 Å². The summed E-state index contributed by atoms with van der Waals surface area (Å²) in [5.41, 5.74) is -0.492. The normalized spacial score (nSPS) is 37.9. The van der Waals surface area contributed by atoms with Crippen LogP contribution in [0.3, 0.4) is 0 Å². The lowest BCUT2D eigenvalue weighted by atomic mass is 9.81. The summed E-state index contributed by atoms with van der Waals surface area (Å²) in [6, 6.07) is 0. The minimum absolute atomic E-state index is 0.0872. The van der Waals surface area contributed by atoms with E-state index in [4.69, 9.17) is 14.2 Å². The smallest absolute Gasteiger partial charge is 0.107 e. The lowest BCUT2D eigenvalue weighted by Gasteiger charge is -2.35. The van der Waals surface area contributed by atoms with Gasteiger partial charge >= 0.3 is 0 Å². The Morgan fingerprint density at radius 1 is 1.18 bits per heavy atom. The van der Waals surface area contributed by atoms with E-state index in [1.54, 1.807) is 0 Å². The number of aliphatic hydroxyl groups is 1. The van der Waals surface area contributed by atoms with E-state index >= 15 is 0 Å². The molecule has 2 rings (SSSR count). The molecule has 100 valence electrons. The average molecular weight is 244 g/mol. The molecule has 2 aliphatic heterocycles. The van der Waals surface area contributed by atoms with Gasteiger partial charge < -0.3 is 19.3 Å². The predicted octanol–water partition coefficient (Wildman–Crippen LogP) is 1.36. The van der Waals surface area contributed by atoms with Crippen molar-refractivity contribution < 1.29 is 19.3 Å². The van der Waals surface area contributed by atoms with E-state index in [1.807, 2.05) is 13.8 Å². The summed E-state index contributed by atoms with van der Waals surface area (Å²) < 4.78 is 16.9. The van der Waals surface area contributed by atoms with Crippen LogP contribution in [0.15, 0.2) is 0 Å². The SMILES string of the molecule is CC1(C)CC(C(O)C2COCCO2)C(C)(C)O1. The molecule has 0 aromatic heterocycles. The highest BCUT2D eigenvalue weighted by Gasteiger charge is 2.50. The van der Waals surface area contributed by atoms with Gasteiger partial charge in [-0.25, -0.2) is 0 Å². The second-order valence-electron chi connectivity index (χ2n) is 6.25. The number of ether oxygens (including phenoxy) is 3. The van der Waals surface area contributed by atoms with E-state index in [0.717, 1.165) is 6.42 Å². The molecule has 0 spiro atoms. The molecule has 0 bridgehead atoms. The van der Waals surface area contributed by atoms with Crippen LogP contribution in [0.25, 0.3) is 0 Å². The molecule has 2 aliphatic rings. The van der Waals surface area contributed by atoms with Crippen LogP contribution in [0.1, 0.15) is 34.1 Å². The molecular formula is C13H24O4. The van der Waals surface area contributed by atoms with E-state index < -0.39 is 6.10 Å². The third kappa shape index (κ3) is 2.81. The minimum atomic E-state index is -0.521. The van der Waals surface area contributed by atoms with Crippen molar-refractivity contribution in [1.29, 1.82) is 0 Å². The molecule has 0 saturated carbocycles. The molecule has 0 aromatic rings. The maximum Gasteiger partial charge on any atom is 0.107 e. The lowest BCUT2D eigenvalue weighted by molar-refractivity contribution is -0.159. The van der Waals surface area contributed by atoms with Crippen molar-refractivity contribution in [2.45, 2.75) is 57.5 Å². The van der Waals surface area contributed by atoms with Crippen LogP contribution in [0, 0.1) is 5.92 Å². The highest BCUT2D eigenvalue weighted by Crippen LogP contribution is 2.44. The maximum atomic E-state index is 10.5. The molecule has 0 radical (unpaired) electrons. The van der Waals surface area contributed by atoms with Gasteiger partial charge in [-0.15, -0.1) is 0 Å². The Labute approximate surface area is 103 Å². The summed E-state index contributed by atoms with van der Waals surface area (Å²) in [6.07, 6.45) is 0.110. The second kappa shape index (κ2) is 4.50. The van der Waals surface area contributed by atoms with E-state index in [0.29, 0.717) is 19.8 Å². The monoisotopic (exact) mass is 244 g/mol. The number of hydrogen-bond acceptors (Lipinski definition) is 4. The molecule has 3 unspecified atom stereocenters. The van der Waals surface area contributed by atoms with Crippen molar-refractivity contribution in [3.63, 3.8) is 0 Å². The standard InChI is InChI=1S/C13H24O4/c1-12(2)7-9(13(3,4)17-12)11(14)10-8-15-5-6-16-10/h9-11,14H,5-8H2,1-4H3. The zero-order valence-electron chi connectivity index (χ0n) is 11.2. The zero-order chi connectivity index (χ0) is 12.7. The van der Waals surface area contributed by atoms with Crippen LogP contribution < -0.4 is 0 Å². The van der Waals surface area contributed by atoms with Gasteiger partial charge in [0.15, 0.2) is 0 Å². The Bertz CT molecular complexity index is 269. The first kappa shape index (κ1) is 13.3. The fourth-order valence-corrected chi connectivity index (χ4v) is 3.10. The molecule has 1 N–H and O–H groups in total. The summed E-state index contributed by atoms with van der Waals surface area (Å²) in [5, 5.41) is 10.5. The fourth-order valence-electron chi connectivity index (χ4n) is 3.10. The highest BCUT2D eigenvalue weighted by molar-refractivity contribution is 4.99. The second-order valence-corrected chi connectivity index (χ2v) is 6.25. The lowest BCUT2D eigenvalue weighted by Crippen LogP contribution is -2.47.